The van der Waals surface area contributed by atoms with Crippen LogP contribution in [0.15, 0.2) is 4.47 Å². The lowest BCUT2D eigenvalue weighted by atomic mass is 10.1. The van der Waals surface area contributed by atoms with Crippen molar-refractivity contribution in [2.24, 2.45) is 0 Å². The standard InChI is InChI=1S/C17H24BrN5O4/c1-11(2)13-12(18)14(20-19-13)15(24)21-3-5-22(6-4-21)16(25)17(26)23-7-9-27-10-8-23/h11H,3-10H2,1-2H3,(H,19,20). The Morgan fingerprint density at radius 1 is 0.963 bits per heavy atom. The molecular formula is C17H24BrN5O4. The maximum atomic E-state index is 12.7. The number of nitrogens with zero attached hydrogens (tertiary/aromatic N) is 4. The number of halogens is 1. The number of hydrogen-bond donors (Lipinski definition) is 1. The second-order valence-electron chi connectivity index (χ2n) is 6.94. The number of piperazine rings is 1. The Kier molecular flexibility index (Phi) is 6.15. The van der Waals surface area contributed by atoms with Gasteiger partial charge in [0.15, 0.2) is 5.69 Å². The van der Waals surface area contributed by atoms with E-state index in [2.05, 4.69) is 26.1 Å². The van der Waals surface area contributed by atoms with Crippen LogP contribution in [-0.4, -0.2) is 95.1 Å². The molecule has 0 bridgehead atoms. The molecule has 3 amide bonds. The number of aromatic nitrogens is 2. The van der Waals surface area contributed by atoms with Gasteiger partial charge in [0.05, 0.1) is 23.4 Å². The van der Waals surface area contributed by atoms with E-state index in [9.17, 15) is 14.4 Å². The first-order valence-electron chi connectivity index (χ1n) is 9.09. The first-order valence-corrected chi connectivity index (χ1v) is 9.88. The fraction of sp³-hybridized carbons (Fsp3) is 0.647. The van der Waals surface area contributed by atoms with Crippen LogP contribution < -0.4 is 0 Å². The summed E-state index contributed by atoms with van der Waals surface area (Å²) in [6.45, 7) is 7.23. The van der Waals surface area contributed by atoms with E-state index >= 15 is 0 Å². The number of morpholine rings is 1. The van der Waals surface area contributed by atoms with Crippen molar-refractivity contribution in [3.8, 4) is 0 Å². The molecule has 2 aliphatic rings. The zero-order valence-corrected chi connectivity index (χ0v) is 17.1. The van der Waals surface area contributed by atoms with Gasteiger partial charge in [0.2, 0.25) is 0 Å². The van der Waals surface area contributed by atoms with Crippen molar-refractivity contribution in [3.63, 3.8) is 0 Å². The third-order valence-electron chi connectivity index (χ3n) is 4.85. The molecule has 2 aliphatic heterocycles. The van der Waals surface area contributed by atoms with E-state index in [0.29, 0.717) is 62.6 Å². The van der Waals surface area contributed by atoms with Crippen molar-refractivity contribution < 1.29 is 19.1 Å². The summed E-state index contributed by atoms with van der Waals surface area (Å²) in [5.74, 6) is -0.965. The van der Waals surface area contributed by atoms with E-state index in [0.717, 1.165) is 5.69 Å². The van der Waals surface area contributed by atoms with Gasteiger partial charge in [-0.1, -0.05) is 13.8 Å². The second-order valence-corrected chi connectivity index (χ2v) is 7.74. The summed E-state index contributed by atoms with van der Waals surface area (Å²) in [6.07, 6.45) is 0. The number of H-pyrrole nitrogens is 1. The van der Waals surface area contributed by atoms with E-state index in [1.165, 1.54) is 9.80 Å². The van der Waals surface area contributed by atoms with Gasteiger partial charge in [-0.05, 0) is 21.8 Å². The Hall–Kier alpha value is -1.94. The van der Waals surface area contributed by atoms with Gasteiger partial charge in [-0.3, -0.25) is 19.5 Å². The molecule has 0 atom stereocenters. The highest BCUT2D eigenvalue weighted by Crippen LogP contribution is 2.26. The van der Waals surface area contributed by atoms with Crippen molar-refractivity contribution in [1.29, 1.82) is 0 Å². The molecule has 0 unspecified atom stereocenters. The summed E-state index contributed by atoms with van der Waals surface area (Å²) >= 11 is 3.45. The molecule has 0 spiro atoms. The molecule has 0 aliphatic carbocycles. The molecule has 27 heavy (non-hydrogen) atoms. The molecule has 3 rings (SSSR count). The van der Waals surface area contributed by atoms with Gasteiger partial charge in [0.25, 0.3) is 5.91 Å². The zero-order chi connectivity index (χ0) is 19.6. The van der Waals surface area contributed by atoms with E-state index in [1.54, 1.807) is 4.90 Å². The molecule has 1 aromatic rings. The number of ether oxygens (including phenoxy) is 1. The third-order valence-corrected chi connectivity index (χ3v) is 5.65. The molecule has 3 heterocycles. The first-order chi connectivity index (χ1) is 12.9. The average Bonchev–Trinajstić information content (AvgIpc) is 3.08. The fourth-order valence-electron chi connectivity index (χ4n) is 3.17. The lowest BCUT2D eigenvalue weighted by molar-refractivity contribution is -0.154. The number of carbonyl (C=O) groups is 3. The molecule has 0 aromatic carbocycles. The van der Waals surface area contributed by atoms with Crippen LogP contribution in [0.25, 0.3) is 0 Å². The van der Waals surface area contributed by atoms with Gasteiger partial charge in [0.1, 0.15) is 0 Å². The largest absolute Gasteiger partial charge is 0.378 e. The summed E-state index contributed by atoms with van der Waals surface area (Å²) < 4.78 is 5.89. The quantitative estimate of drug-likeness (QED) is 0.671. The Labute approximate surface area is 166 Å². The van der Waals surface area contributed by atoms with Crippen LogP contribution in [-0.2, 0) is 14.3 Å². The minimum absolute atomic E-state index is 0.184. The van der Waals surface area contributed by atoms with Gasteiger partial charge in [-0.2, -0.15) is 5.10 Å². The number of nitrogens with one attached hydrogen (secondary N) is 1. The Morgan fingerprint density at radius 2 is 1.48 bits per heavy atom. The van der Waals surface area contributed by atoms with Crippen LogP contribution in [0.2, 0.25) is 0 Å². The SMILES string of the molecule is CC(C)c1[nH]nc(C(=O)N2CCN(C(=O)C(=O)N3CCOCC3)CC2)c1Br. The van der Waals surface area contributed by atoms with E-state index in [-0.39, 0.29) is 11.8 Å². The second kappa shape index (κ2) is 8.39. The monoisotopic (exact) mass is 441 g/mol. The number of aromatic amines is 1. The number of carbonyl (C=O) groups excluding carboxylic acids is 3. The topological polar surface area (TPSA) is 98.8 Å². The summed E-state index contributed by atoms with van der Waals surface area (Å²) in [5.41, 5.74) is 1.23. The van der Waals surface area contributed by atoms with Gasteiger partial charge >= 0.3 is 11.8 Å². The smallest absolute Gasteiger partial charge is 0.312 e. The molecule has 2 fully saturated rings. The van der Waals surface area contributed by atoms with Crippen molar-refractivity contribution in [2.75, 3.05) is 52.5 Å². The predicted octanol–water partition coefficient (Wildman–Crippen LogP) is 0.439. The number of hydrogen-bond acceptors (Lipinski definition) is 5. The van der Waals surface area contributed by atoms with Crippen LogP contribution in [0.1, 0.15) is 35.9 Å². The third kappa shape index (κ3) is 4.16. The minimum atomic E-state index is -0.507. The molecule has 2 saturated heterocycles. The van der Waals surface area contributed by atoms with E-state index in [1.807, 2.05) is 13.8 Å². The number of rotatable bonds is 2. The Balaban J connectivity index is 1.57. The van der Waals surface area contributed by atoms with Gasteiger partial charge in [0, 0.05) is 39.3 Å². The first kappa shape index (κ1) is 19.8. The minimum Gasteiger partial charge on any atom is -0.378 e. The van der Waals surface area contributed by atoms with Crippen LogP contribution in [0.4, 0.5) is 0 Å². The molecule has 1 N–H and O–H groups in total. The number of amides is 3. The molecule has 1 aromatic heterocycles. The highest BCUT2D eigenvalue weighted by Gasteiger charge is 2.32. The van der Waals surface area contributed by atoms with E-state index < -0.39 is 11.8 Å². The van der Waals surface area contributed by atoms with Crippen molar-refractivity contribution in [1.82, 2.24) is 24.9 Å². The predicted molar refractivity (Wildman–Crippen MR) is 100 cm³/mol. The molecule has 9 nitrogen and oxygen atoms in total. The summed E-state index contributed by atoms with van der Waals surface area (Å²) in [7, 11) is 0. The fourth-order valence-corrected chi connectivity index (χ4v) is 3.97. The molecule has 0 radical (unpaired) electrons. The molecule has 10 heteroatoms. The van der Waals surface area contributed by atoms with Crippen LogP contribution in [0.3, 0.4) is 0 Å². The normalized spacial score (nSPS) is 18.1. The van der Waals surface area contributed by atoms with Crippen molar-refractivity contribution >= 4 is 33.7 Å². The lowest BCUT2D eigenvalue weighted by Crippen LogP contribution is -2.55. The van der Waals surface area contributed by atoms with Crippen LogP contribution in [0, 0.1) is 0 Å². The average molecular weight is 442 g/mol. The van der Waals surface area contributed by atoms with Gasteiger partial charge < -0.3 is 19.4 Å². The van der Waals surface area contributed by atoms with Gasteiger partial charge in [-0.25, -0.2) is 0 Å². The maximum Gasteiger partial charge on any atom is 0.312 e. The van der Waals surface area contributed by atoms with Crippen molar-refractivity contribution in [2.45, 2.75) is 19.8 Å². The molecular weight excluding hydrogens is 418 g/mol. The molecule has 0 saturated carbocycles. The highest BCUT2D eigenvalue weighted by atomic mass is 79.9. The highest BCUT2D eigenvalue weighted by molar-refractivity contribution is 9.10. The maximum absolute atomic E-state index is 12.7. The zero-order valence-electron chi connectivity index (χ0n) is 15.5. The van der Waals surface area contributed by atoms with Crippen molar-refractivity contribution in [3.05, 3.63) is 15.9 Å². The summed E-state index contributed by atoms with van der Waals surface area (Å²) in [5, 5.41) is 7.04. The summed E-state index contributed by atoms with van der Waals surface area (Å²) in [4.78, 5) is 42.2. The molecule has 148 valence electrons. The van der Waals surface area contributed by atoms with Crippen LogP contribution in [0.5, 0.6) is 0 Å². The summed E-state index contributed by atoms with van der Waals surface area (Å²) in [6, 6.07) is 0. The Morgan fingerprint density at radius 3 is 2.00 bits per heavy atom. The van der Waals surface area contributed by atoms with Crippen LogP contribution >= 0.6 is 15.9 Å². The van der Waals surface area contributed by atoms with Gasteiger partial charge in [-0.15, -0.1) is 0 Å². The lowest BCUT2D eigenvalue weighted by Gasteiger charge is -2.35. The van der Waals surface area contributed by atoms with E-state index in [4.69, 9.17) is 4.74 Å². The Bertz CT molecular complexity index is 721.